The molecule has 3 aromatic rings. The molecule has 1 amide bonds. The molecule has 2 fully saturated rings. The number of likely N-dealkylation sites (tertiary alicyclic amines) is 1. The summed E-state index contributed by atoms with van der Waals surface area (Å²) < 4.78 is 0. The van der Waals surface area contributed by atoms with Crippen LogP contribution in [-0.4, -0.2) is 48.2 Å². The standard InChI is InChI=1S/C32H35ClN2O2/c1-24(36)31(26-11-7-4-8-12-26)17-19-35(20-18-31)23-28-21-32(28,27-13-15-29(33)16-14-27)30(37)34(2)22-25-9-5-3-6-10-25/h3-16,28H,17-23H2,1-2H3. The first kappa shape index (κ1) is 25.7. The summed E-state index contributed by atoms with van der Waals surface area (Å²) >= 11 is 6.20. The molecule has 2 aliphatic rings. The first-order valence-electron chi connectivity index (χ1n) is 13.2. The Morgan fingerprint density at radius 1 is 0.892 bits per heavy atom. The molecular weight excluding hydrogens is 480 g/mol. The molecule has 5 heteroatoms. The third-order valence-corrected chi connectivity index (χ3v) is 8.90. The van der Waals surface area contributed by atoms with Gasteiger partial charge in [0.25, 0.3) is 0 Å². The Bertz CT molecular complexity index is 1240. The molecule has 37 heavy (non-hydrogen) atoms. The van der Waals surface area contributed by atoms with E-state index >= 15 is 0 Å². The van der Waals surface area contributed by atoms with Crippen LogP contribution >= 0.6 is 11.6 Å². The molecule has 0 N–H and O–H groups in total. The number of carbonyl (C=O) groups excluding carboxylic acids is 2. The van der Waals surface area contributed by atoms with Crippen LogP contribution in [0.5, 0.6) is 0 Å². The van der Waals surface area contributed by atoms with Crippen molar-refractivity contribution >= 4 is 23.3 Å². The van der Waals surface area contributed by atoms with E-state index in [0.717, 1.165) is 55.6 Å². The van der Waals surface area contributed by atoms with Gasteiger partial charge in [-0.05, 0) is 74.0 Å². The average Bonchev–Trinajstić information content (AvgIpc) is 3.64. The topological polar surface area (TPSA) is 40.6 Å². The van der Waals surface area contributed by atoms with Crippen molar-refractivity contribution in [1.29, 1.82) is 0 Å². The van der Waals surface area contributed by atoms with Crippen molar-refractivity contribution in [3.05, 3.63) is 107 Å². The SMILES string of the molecule is CC(=O)C1(c2ccccc2)CCN(CC2CC2(C(=O)N(C)Cc2ccccc2)c2ccc(Cl)cc2)CC1. The molecule has 5 rings (SSSR count). The summed E-state index contributed by atoms with van der Waals surface area (Å²) in [7, 11) is 1.91. The highest BCUT2D eigenvalue weighted by atomic mass is 35.5. The fraction of sp³-hybridized carbons (Fsp3) is 0.375. The Balaban J connectivity index is 1.32. The molecule has 0 aromatic heterocycles. The predicted octanol–water partition coefficient (Wildman–Crippen LogP) is 5.88. The van der Waals surface area contributed by atoms with Crippen molar-refractivity contribution in [2.75, 3.05) is 26.7 Å². The van der Waals surface area contributed by atoms with E-state index in [1.807, 2.05) is 72.6 Å². The fourth-order valence-corrected chi connectivity index (χ4v) is 6.46. The maximum Gasteiger partial charge on any atom is 0.233 e. The lowest BCUT2D eigenvalue weighted by Gasteiger charge is -2.41. The third-order valence-electron chi connectivity index (χ3n) is 8.64. The number of Topliss-reactive ketones (excluding diaryl/α,β-unsaturated/α-hetero) is 1. The maximum absolute atomic E-state index is 14.0. The lowest BCUT2D eigenvalue weighted by atomic mass is 9.70. The van der Waals surface area contributed by atoms with Crippen molar-refractivity contribution in [3.8, 4) is 0 Å². The summed E-state index contributed by atoms with van der Waals surface area (Å²) in [6.45, 7) is 4.89. The maximum atomic E-state index is 14.0. The van der Waals surface area contributed by atoms with Crippen LogP contribution in [0.25, 0.3) is 0 Å². The predicted molar refractivity (Wildman–Crippen MR) is 149 cm³/mol. The highest BCUT2D eigenvalue weighted by Crippen LogP contribution is 2.56. The summed E-state index contributed by atoms with van der Waals surface area (Å²) in [6.07, 6.45) is 2.46. The molecule has 4 nitrogen and oxygen atoms in total. The van der Waals surface area contributed by atoms with Gasteiger partial charge < -0.3 is 9.80 Å². The molecule has 2 unspecified atom stereocenters. The zero-order chi connectivity index (χ0) is 26.0. The van der Waals surface area contributed by atoms with Crippen molar-refractivity contribution in [2.24, 2.45) is 5.92 Å². The number of ketones is 1. The molecule has 0 radical (unpaired) electrons. The van der Waals surface area contributed by atoms with Crippen LogP contribution in [0.2, 0.25) is 5.02 Å². The second kappa shape index (κ2) is 10.4. The van der Waals surface area contributed by atoms with Gasteiger partial charge in [0.1, 0.15) is 5.78 Å². The summed E-state index contributed by atoms with van der Waals surface area (Å²) in [5.41, 5.74) is 2.37. The zero-order valence-corrected chi connectivity index (χ0v) is 22.5. The van der Waals surface area contributed by atoms with Crippen LogP contribution in [0.1, 0.15) is 42.9 Å². The van der Waals surface area contributed by atoms with Gasteiger partial charge in [-0.25, -0.2) is 0 Å². The Morgan fingerprint density at radius 2 is 1.49 bits per heavy atom. The molecular formula is C32H35ClN2O2. The Labute approximate surface area is 225 Å². The third kappa shape index (κ3) is 4.97. The van der Waals surface area contributed by atoms with Gasteiger partial charge in [-0.1, -0.05) is 84.4 Å². The van der Waals surface area contributed by atoms with Crippen LogP contribution in [0.15, 0.2) is 84.9 Å². The normalized spacial score (nSPS) is 22.8. The van der Waals surface area contributed by atoms with E-state index in [0.29, 0.717) is 11.6 Å². The van der Waals surface area contributed by atoms with Gasteiger partial charge in [-0.2, -0.15) is 0 Å². The van der Waals surface area contributed by atoms with Crippen LogP contribution in [0, 0.1) is 5.92 Å². The van der Waals surface area contributed by atoms with E-state index in [4.69, 9.17) is 11.6 Å². The average molecular weight is 515 g/mol. The van der Waals surface area contributed by atoms with Crippen LogP contribution in [0.3, 0.4) is 0 Å². The molecule has 192 valence electrons. The van der Waals surface area contributed by atoms with Crippen LogP contribution in [-0.2, 0) is 27.0 Å². The summed E-state index contributed by atoms with van der Waals surface area (Å²) in [5.74, 6) is 0.655. The summed E-state index contributed by atoms with van der Waals surface area (Å²) in [5, 5.41) is 0.679. The largest absolute Gasteiger partial charge is 0.341 e. The van der Waals surface area contributed by atoms with Crippen LogP contribution in [0.4, 0.5) is 0 Å². The van der Waals surface area contributed by atoms with Gasteiger partial charge in [0.05, 0.1) is 10.8 Å². The van der Waals surface area contributed by atoms with Gasteiger partial charge in [0.15, 0.2) is 0 Å². The van der Waals surface area contributed by atoms with E-state index in [1.165, 1.54) is 0 Å². The minimum atomic E-state index is -0.525. The van der Waals surface area contributed by atoms with E-state index < -0.39 is 10.8 Å². The molecule has 1 aliphatic carbocycles. The lowest BCUT2D eigenvalue weighted by Crippen LogP contribution is -2.47. The van der Waals surface area contributed by atoms with E-state index in [-0.39, 0.29) is 17.6 Å². The number of halogens is 1. The molecule has 3 aromatic carbocycles. The fourth-order valence-electron chi connectivity index (χ4n) is 6.34. The number of amides is 1. The minimum Gasteiger partial charge on any atom is -0.341 e. The van der Waals surface area contributed by atoms with Gasteiger partial charge in [-0.15, -0.1) is 0 Å². The van der Waals surface area contributed by atoms with Gasteiger partial charge in [0.2, 0.25) is 5.91 Å². The highest BCUT2D eigenvalue weighted by Gasteiger charge is 2.62. The van der Waals surface area contributed by atoms with E-state index in [1.54, 1.807) is 6.92 Å². The summed E-state index contributed by atoms with van der Waals surface area (Å²) in [4.78, 5) is 31.1. The zero-order valence-electron chi connectivity index (χ0n) is 21.7. The monoisotopic (exact) mass is 514 g/mol. The number of likely N-dealkylation sites (N-methyl/N-ethyl adjacent to an activating group) is 1. The van der Waals surface area contributed by atoms with Gasteiger partial charge in [0, 0.05) is 25.2 Å². The van der Waals surface area contributed by atoms with Crippen molar-refractivity contribution < 1.29 is 9.59 Å². The minimum absolute atomic E-state index is 0.169. The molecule has 0 bridgehead atoms. The Hall–Kier alpha value is -2.95. The van der Waals surface area contributed by atoms with Gasteiger partial charge >= 0.3 is 0 Å². The summed E-state index contributed by atoms with van der Waals surface area (Å²) in [6, 6.07) is 28.2. The van der Waals surface area contributed by atoms with Crippen molar-refractivity contribution in [2.45, 2.75) is 43.6 Å². The molecule has 1 saturated carbocycles. The first-order chi connectivity index (χ1) is 17.8. The van der Waals surface area contributed by atoms with E-state index in [9.17, 15) is 9.59 Å². The number of hydrogen-bond donors (Lipinski definition) is 0. The van der Waals surface area contributed by atoms with Crippen LogP contribution < -0.4 is 0 Å². The second-order valence-corrected chi connectivity index (χ2v) is 11.3. The smallest absolute Gasteiger partial charge is 0.233 e. The molecule has 2 atom stereocenters. The van der Waals surface area contributed by atoms with Crippen molar-refractivity contribution in [3.63, 3.8) is 0 Å². The van der Waals surface area contributed by atoms with Crippen molar-refractivity contribution in [1.82, 2.24) is 9.80 Å². The van der Waals surface area contributed by atoms with E-state index in [2.05, 4.69) is 29.2 Å². The number of nitrogens with zero attached hydrogens (tertiary/aromatic N) is 2. The Morgan fingerprint density at radius 3 is 2.08 bits per heavy atom. The lowest BCUT2D eigenvalue weighted by molar-refractivity contribution is -0.133. The number of carbonyl (C=O) groups is 2. The molecule has 1 heterocycles. The first-order valence-corrected chi connectivity index (χ1v) is 13.6. The number of hydrogen-bond acceptors (Lipinski definition) is 3. The molecule has 0 spiro atoms. The molecule has 1 saturated heterocycles. The second-order valence-electron chi connectivity index (χ2n) is 10.8. The number of rotatable bonds is 8. The Kier molecular flexibility index (Phi) is 7.24. The number of piperidine rings is 1. The highest BCUT2D eigenvalue weighted by molar-refractivity contribution is 6.30. The van der Waals surface area contributed by atoms with Gasteiger partial charge in [-0.3, -0.25) is 9.59 Å². The quantitative estimate of drug-likeness (QED) is 0.377. The molecule has 1 aliphatic heterocycles. The number of benzene rings is 3.